The van der Waals surface area contributed by atoms with Gasteiger partial charge in [0.25, 0.3) is 0 Å². The molecule has 0 aromatic heterocycles. The minimum atomic E-state index is 0. The largest absolute Gasteiger partial charge is 1.00 e. The molecule has 48 valence electrons. The quantitative estimate of drug-likeness (QED) is 0.307. The van der Waals surface area contributed by atoms with Gasteiger partial charge in [0.2, 0.25) is 0 Å². The average molecular weight is 183 g/mol. The maximum Gasteiger partial charge on any atom is 1.00 e. The van der Waals surface area contributed by atoms with Gasteiger partial charge < -0.3 is 5.73 Å². The predicted molar refractivity (Wildman–Crippen MR) is 43.1 cm³/mol. The second kappa shape index (κ2) is 4.52. The molecule has 0 atom stereocenters. The van der Waals surface area contributed by atoms with E-state index in [2.05, 4.69) is 12.6 Å². The molecule has 0 spiro atoms. The molecule has 4 heteroatoms. The molecule has 2 N–H and O–H groups in total. The van der Waals surface area contributed by atoms with E-state index in [1.807, 2.05) is 0 Å². The van der Waals surface area contributed by atoms with Gasteiger partial charge in [0.05, 0.1) is 0 Å². The summed E-state index contributed by atoms with van der Waals surface area (Å²) in [5.41, 5.74) is 6.08. The van der Waals surface area contributed by atoms with Crippen molar-refractivity contribution >= 4 is 29.9 Å². The van der Waals surface area contributed by atoms with E-state index in [4.69, 9.17) is 17.3 Å². The summed E-state index contributed by atoms with van der Waals surface area (Å²) < 4.78 is 0. The molecule has 0 aliphatic carbocycles. The van der Waals surface area contributed by atoms with Gasteiger partial charge in [0, 0.05) is 15.6 Å². The zero-order valence-electron chi connectivity index (χ0n) is 5.63. The first kappa shape index (κ1) is 10.7. The van der Waals surface area contributed by atoms with Crippen molar-refractivity contribution < 1.29 is 29.6 Å². The minimum Gasteiger partial charge on any atom is -0.398 e. The third-order valence-corrected chi connectivity index (χ3v) is 1.63. The molecule has 1 aromatic carbocycles. The molecule has 0 radical (unpaired) electrons. The van der Waals surface area contributed by atoms with Crippen molar-refractivity contribution in [1.29, 1.82) is 0 Å². The van der Waals surface area contributed by atoms with Gasteiger partial charge in [-0.3, -0.25) is 0 Å². The predicted octanol–water partition coefficient (Wildman–Crippen LogP) is -0.785. The Kier molecular flexibility index (Phi) is 4.82. The topological polar surface area (TPSA) is 26.0 Å². The average Bonchev–Trinajstić information content (AvgIpc) is 1.80. The Balaban J connectivity index is 0.000000810. The standard InChI is InChI=1S/C6H6ClNS.Na/c7-4-1-2-6(9)5(8)3-4;/h1-3,9H,8H2;/q;+1. The van der Waals surface area contributed by atoms with E-state index in [9.17, 15) is 0 Å². The van der Waals surface area contributed by atoms with E-state index in [0.29, 0.717) is 10.7 Å². The van der Waals surface area contributed by atoms with Crippen molar-refractivity contribution in [2.45, 2.75) is 4.90 Å². The molecule has 1 aromatic rings. The van der Waals surface area contributed by atoms with Crippen LogP contribution in [0, 0.1) is 0 Å². The van der Waals surface area contributed by atoms with Crippen LogP contribution < -0.4 is 35.3 Å². The molecular formula is C6H6ClNNaS+. The number of thiol groups is 1. The first-order valence-electron chi connectivity index (χ1n) is 2.44. The number of hydrogen-bond donors (Lipinski definition) is 2. The van der Waals surface area contributed by atoms with E-state index in [1.165, 1.54) is 0 Å². The molecule has 1 rings (SSSR count). The van der Waals surface area contributed by atoms with Crippen LogP contribution in [0.3, 0.4) is 0 Å². The molecule has 0 aliphatic heterocycles. The Bertz CT molecular complexity index is 229. The minimum absolute atomic E-state index is 0. The Morgan fingerprint density at radius 1 is 1.40 bits per heavy atom. The summed E-state index contributed by atoms with van der Waals surface area (Å²) in [5, 5.41) is 0.644. The number of nitrogen functional groups attached to an aromatic ring is 1. The number of benzene rings is 1. The van der Waals surface area contributed by atoms with Gasteiger partial charge in [-0.25, -0.2) is 0 Å². The van der Waals surface area contributed by atoms with Crippen LogP contribution >= 0.6 is 24.2 Å². The van der Waals surface area contributed by atoms with Crippen LogP contribution in [0.4, 0.5) is 5.69 Å². The van der Waals surface area contributed by atoms with Gasteiger partial charge >= 0.3 is 29.6 Å². The maximum atomic E-state index is 5.60. The van der Waals surface area contributed by atoms with Crippen LogP contribution in [0.25, 0.3) is 0 Å². The summed E-state index contributed by atoms with van der Waals surface area (Å²) in [6.07, 6.45) is 0. The van der Waals surface area contributed by atoms with E-state index in [1.54, 1.807) is 18.2 Å². The third-order valence-electron chi connectivity index (χ3n) is 0.990. The number of rotatable bonds is 0. The molecule has 10 heavy (non-hydrogen) atoms. The van der Waals surface area contributed by atoms with Gasteiger partial charge in [0.15, 0.2) is 0 Å². The van der Waals surface area contributed by atoms with Crippen LogP contribution in [0.2, 0.25) is 5.02 Å². The van der Waals surface area contributed by atoms with Crippen LogP contribution in [0.5, 0.6) is 0 Å². The van der Waals surface area contributed by atoms with E-state index >= 15 is 0 Å². The SMILES string of the molecule is Nc1cc(Cl)ccc1S.[Na+]. The van der Waals surface area contributed by atoms with Crippen LogP contribution in [0.15, 0.2) is 23.1 Å². The molecule has 0 heterocycles. The second-order valence-corrected chi connectivity index (χ2v) is 2.62. The Hall–Kier alpha value is 0.660. The van der Waals surface area contributed by atoms with Gasteiger partial charge in [-0.1, -0.05) is 11.6 Å². The van der Waals surface area contributed by atoms with Crippen LogP contribution in [0.1, 0.15) is 0 Å². The van der Waals surface area contributed by atoms with Crippen molar-refractivity contribution in [2.24, 2.45) is 0 Å². The van der Waals surface area contributed by atoms with Gasteiger partial charge in [-0.15, -0.1) is 12.6 Å². The summed E-state index contributed by atoms with van der Waals surface area (Å²) in [6, 6.07) is 5.19. The summed E-state index contributed by atoms with van der Waals surface area (Å²) in [5.74, 6) is 0. The number of anilines is 1. The summed E-state index contributed by atoms with van der Waals surface area (Å²) in [7, 11) is 0. The van der Waals surface area contributed by atoms with Crippen molar-refractivity contribution in [3.8, 4) is 0 Å². The Labute approximate surface area is 92.6 Å². The fourth-order valence-corrected chi connectivity index (χ4v) is 0.845. The summed E-state index contributed by atoms with van der Waals surface area (Å²) in [4.78, 5) is 0.763. The van der Waals surface area contributed by atoms with Gasteiger partial charge in [-0.05, 0) is 18.2 Å². The first-order chi connectivity index (χ1) is 4.20. The monoisotopic (exact) mass is 182 g/mol. The van der Waals surface area contributed by atoms with E-state index < -0.39 is 0 Å². The van der Waals surface area contributed by atoms with Crippen LogP contribution in [-0.4, -0.2) is 0 Å². The Morgan fingerprint density at radius 3 is 2.40 bits per heavy atom. The number of nitrogens with two attached hydrogens (primary N) is 1. The third kappa shape index (κ3) is 2.72. The van der Waals surface area contributed by atoms with Crippen molar-refractivity contribution in [3.05, 3.63) is 23.2 Å². The zero-order valence-corrected chi connectivity index (χ0v) is 9.28. The van der Waals surface area contributed by atoms with Gasteiger partial charge in [0.1, 0.15) is 0 Å². The van der Waals surface area contributed by atoms with E-state index in [-0.39, 0.29) is 29.6 Å². The molecule has 0 amide bonds. The molecule has 0 saturated heterocycles. The smallest absolute Gasteiger partial charge is 0.398 e. The normalized spacial score (nSPS) is 8.60. The molecule has 0 saturated carbocycles. The van der Waals surface area contributed by atoms with E-state index in [0.717, 1.165) is 4.90 Å². The van der Waals surface area contributed by atoms with Crippen LogP contribution in [-0.2, 0) is 0 Å². The van der Waals surface area contributed by atoms with Crippen molar-refractivity contribution in [2.75, 3.05) is 5.73 Å². The molecular weight excluding hydrogens is 177 g/mol. The van der Waals surface area contributed by atoms with Gasteiger partial charge in [-0.2, -0.15) is 0 Å². The van der Waals surface area contributed by atoms with Crippen molar-refractivity contribution in [1.82, 2.24) is 0 Å². The summed E-state index contributed by atoms with van der Waals surface area (Å²) >= 11 is 9.66. The molecule has 0 aliphatic rings. The zero-order chi connectivity index (χ0) is 6.85. The van der Waals surface area contributed by atoms with Crippen molar-refractivity contribution in [3.63, 3.8) is 0 Å². The summed E-state index contributed by atoms with van der Waals surface area (Å²) in [6.45, 7) is 0. The molecule has 0 unspecified atom stereocenters. The maximum absolute atomic E-state index is 5.60. The number of hydrogen-bond acceptors (Lipinski definition) is 2. The Morgan fingerprint density at radius 2 is 2.00 bits per heavy atom. The molecule has 0 fully saturated rings. The molecule has 1 nitrogen and oxygen atoms in total. The number of halogens is 1. The fourth-order valence-electron chi connectivity index (χ4n) is 0.525. The fraction of sp³-hybridized carbons (Fsp3) is 0. The second-order valence-electron chi connectivity index (χ2n) is 1.70. The first-order valence-corrected chi connectivity index (χ1v) is 3.26. The molecule has 0 bridgehead atoms.